The summed E-state index contributed by atoms with van der Waals surface area (Å²) in [5, 5.41) is 19.1. The molecule has 0 bridgehead atoms. The van der Waals surface area contributed by atoms with Gasteiger partial charge < -0.3 is 15.2 Å². The van der Waals surface area contributed by atoms with Crippen LogP contribution in [0.2, 0.25) is 0 Å². The molecule has 0 aliphatic heterocycles. The molecule has 1 heterocycles. The average Bonchev–Trinajstić information content (AvgIpc) is 3.43. The second kappa shape index (κ2) is 8.47. The number of aliphatic hydroxyl groups is 1. The predicted molar refractivity (Wildman–Crippen MR) is 115 cm³/mol. The summed E-state index contributed by atoms with van der Waals surface area (Å²) in [6.45, 7) is 0.170. The second-order valence-corrected chi connectivity index (χ2v) is 11.8. The number of halogens is 2. The molecule has 8 nitrogen and oxygen atoms in total. The van der Waals surface area contributed by atoms with E-state index < -0.39 is 34.2 Å². The van der Waals surface area contributed by atoms with Crippen LogP contribution in [0.4, 0.5) is 13.6 Å². The van der Waals surface area contributed by atoms with Crippen molar-refractivity contribution in [2.45, 2.75) is 74.8 Å². The summed E-state index contributed by atoms with van der Waals surface area (Å²) in [5.41, 5.74) is 1.19. The Balaban J connectivity index is 1.60. The number of carbonyl (C=O) groups excluding carboxylic acids is 1. The Labute approximate surface area is 189 Å². The summed E-state index contributed by atoms with van der Waals surface area (Å²) >= 11 is 0.932. The van der Waals surface area contributed by atoms with Gasteiger partial charge in [0, 0.05) is 5.92 Å². The van der Waals surface area contributed by atoms with Crippen molar-refractivity contribution in [2.75, 3.05) is 0 Å². The van der Waals surface area contributed by atoms with E-state index in [0.717, 1.165) is 47.3 Å². The van der Waals surface area contributed by atoms with Gasteiger partial charge in [0.05, 0.1) is 12.2 Å². The normalized spacial score (nSPS) is 25.0. The first kappa shape index (κ1) is 23.3. The highest BCUT2D eigenvalue weighted by molar-refractivity contribution is 7.93. The molecule has 1 aromatic rings. The zero-order chi connectivity index (χ0) is 23.3. The van der Waals surface area contributed by atoms with E-state index in [0.29, 0.717) is 30.0 Å². The fourth-order valence-corrected chi connectivity index (χ4v) is 6.83. The minimum Gasteiger partial charge on any atom is -0.435 e. The van der Waals surface area contributed by atoms with Crippen molar-refractivity contribution >= 4 is 27.3 Å². The maximum absolute atomic E-state index is 13.0. The predicted octanol–water partition coefficient (Wildman–Crippen LogP) is 3.94. The van der Waals surface area contributed by atoms with E-state index in [4.69, 9.17) is 9.88 Å². The Morgan fingerprint density at radius 2 is 2.09 bits per heavy atom. The fourth-order valence-electron chi connectivity index (χ4n) is 4.76. The number of aromatic nitrogens is 1. The molecule has 3 atom stereocenters. The molecule has 4 N–H and O–H groups in total. The molecular weight excluding hydrogens is 462 g/mol. The molecule has 0 radical (unpaired) electrons. The Hall–Kier alpha value is -1.89. The van der Waals surface area contributed by atoms with E-state index in [9.17, 15) is 22.9 Å². The molecule has 1 saturated carbocycles. The van der Waals surface area contributed by atoms with Gasteiger partial charge in [-0.25, -0.2) is 19.1 Å². The van der Waals surface area contributed by atoms with Gasteiger partial charge in [-0.2, -0.15) is 8.78 Å². The largest absolute Gasteiger partial charge is 0.435 e. The SMILES string of the molecule is CC(C)(O)c1ncc(S(N)(=O)=NC(=O)NC2C3=C(CCC3)C(OC(F)F)=C3CCCC32)s1. The van der Waals surface area contributed by atoms with E-state index in [1.165, 1.54) is 20.0 Å². The Kier molecular flexibility index (Phi) is 6.16. The zero-order valence-electron chi connectivity index (χ0n) is 17.8. The van der Waals surface area contributed by atoms with Crippen LogP contribution in [0.15, 0.2) is 37.2 Å². The summed E-state index contributed by atoms with van der Waals surface area (Å²) in [6, 6.07) is -1.24. The van der Waals surface area contributed by atoms with E-state index >= 15 is 0 Å². The van der Waals surface area contributed by atoms with Crippen LogP contribution in [0.3, 0.4) is 0 Å². The van der Waals surface area contributed by atoms with Crippen LogP contribution in [0.1, 0.15) is 57.4 Å². The van der Waals surface area contributed by atoms with E-state index in [2.05, 4.69) is 14.7 Å². The van der Waals surface area contributed by atoms with Crippen molar-refractivity contribution in [1.82, 2.24) is 10.3 Å². The third-order valence-electron chi connectivity index (χ3n) is 6.01. The summed E-state index contributed by atoms with van der Waals surface area (Å²) in [6.07, 6.45) is 5.51. The minimum absolute atomic E-state index is 0.0864. The van der Waals surface area contributed by atoms with Crippen molar-refractivity contribution in [3.05, 3.63) is 33.7 Å². The van der Waals surface area contributed by atoms with Crippen LogP contribution in [-0.4, -0.2) is 33.0 Å². The van der Waals surface area contributed by atoms with E-state index in [1.54, 1.807) is 0 Å². The fraction of sp³-hybridized carbons (Fsp3) is 0.600. The van der Waals surface area contributed by atoms with Crippen LogP contribution in [0.25, 0.3) is 0 Å². The van der Waals surface area contributed by atoms with Crippen molar-refractivity contribution in [2.24, 2.45) is 15.4 Å². The van der Waals surface area contributed by atoms with Gasteiger partial charge in [0.2, 0.25) is 0 Å². The number of ether oxygens (including phenoxy) is 1. The van der Waals surface area contributed by atoms with Gasteiger partial charge in [-0.15, -0.1) is 15.7 Å². The number of amides is 2. The van der Waals surface area contributed by atoms with Crippen molar-refractivity contribution in [3.8, 4) is 0 Å². The van der Waals surface area contributed by atoms with Gasteiger partial charge in [-0.1, -0.05) is 0 Å². The number of alkyl halides is 2. The lowest BCUT2D eigenvalue weighted by molar-refractivity contribution is -0.0954. The maximum Gasteiger partial charge on any atom is 0.387 e. The van der Waals surface area contributed by atoms with Gasteiger partial charge in [0.25, 0.3) is 0 Å². The summed E-state index contributed by atoms with van der Waals surface area (Å²) in [5.74, 6) is 0.141. The van der Waals surface area contributed by atoms with Gasteiger partial charge in [-0.05, 0) is 69.1 Å². The summed E-state index contributed by atoms with van der Waals surface area (Å²) in [4.78, 5) is 16.8. The lowest BCUT2D eigenvalue weighted by atomic mass is 9.80. The highest BCUT2D eigenvalue weighted by Gasteiger charge is 2.43. The highest BCUT2D eigenvalue weighted by Crippen LogP contribution is 2.49. The van der Waals surface area contributed by atoms with Gasteiger partial charge >= 0.3 is 12.6 Å². The number of hydrogen-bond acceptors (Lipinski definition) is 6. The third kappa shape index (κ3) is 4.45. The Morgan fingerprint density at radius 1 is 1.38 bits per heavy atom. The number of nitrogens with two attached hydrogens (primary N) is 1. The van der Waals surface area contributed by atoms with E-state index in [1.807, 2.05) is 0 Å². The Bertz CT molecular complexity index is 1110. The molecule has 1 aromatic heterocycles. The van der Waals surface area contributed by atoms with Gasteiger partial charge in [0.15, 0.2) is 9.92 Å². The molecule has 3 unspecified atom stereocenters. The van der Waals surface area contributed by atoms with Crippen LogP contribution in [0.5, 0.6) is 0 Å². The number of urea groups is 1. The van der Waals surface area contributed by atoms with E-state index in [-0.39, 0.29) is 10.1 Å². The molecule has 12 heteroatoms. The number of allylic oxidation sites excluding steroid dienone is 1. The lowest BCUT2D eigenvalue weighted by Crippen LogP contribution is -2.42. The van der Waals surface area contributed by atoms with Crippen molar-refractivity contribution in [1.29, 1.82) is 0 Å². The first-order chi connectivity index (χ1) is 15.0. The van der Waals surface area contributed by atoms with Crippen LogP contribution >= 0.6 is 11.3 Å². The maximum atomic E-state index is 13.0. The first-order valence-corrected chi connectivity index (χ1v) is 12.8. The number of rotatable bonds is 5. The number of hydrogen-bond donors (Lipinski definition) is 3. The monoisotopic (exact) mass is 488 g/mol. The third-order valence-corrected chi connectivity index (χ3v) is 9.20. The number of fused-ring (bicyclic) bond motifs is 1. The Morgan fingerprint density at radius 3 is 2.75 bits per heavy atom. The molecule has 176 valence electrons. The molecule has 3 aliphatic rings. The molecule has 0 saturated heterocycles. The summed E-state index contributed by atoms with van der Waals surface area (Å²) in [7, 11) is -3.56. The molecule has 4 rings (SSSR count). The number of carbonyl (C=O) groups is 1. The first-order valence-electron chi connectivity index (χ1n) is 10.4. The molecule has 3 aliphatic carbocycles. The molecule has 1 fully saturated rings. The molecule has 2 amide bonds. The second-order valence-electron chi connectivity index (χ2n) is 8.72. The smallest absolute Gasteiger partial charge is 0.387 e. The average molecular weight is 489 g/mol. The molecule has 32 heavy (non-hydrogen) atoms. The quantitative estimate of drug-likeness (QED) is 0.579. The highest BCUT2D eigenvalue weighted by atomic mass is 32.2. The summed E-state index contributed by atoms with van der Waals surface area (Å²) < 4.78 is 47.7. The topological polar surface area (TPSA) is 127 Å². The van der Waals surface area contributed by atoms with Crippen LogP contribution in [-0.2, 0) is 20.3 Å². The lowest BCUT2D eigenvalue weighted by Gasteiger charge is -2.33. The number of nitrogens with zero attached hydrogens (tertiary/aromatic N) is 2. The minimum atomic E-state index is -3.56. The molecule has 0 aromatic carbocycles. The van der Waals surface area contributed by atoms with Gasteiger partial charge in [-0.3, -0.25) is 0 Å². The van der Waals surface area contributed by atoms with Crippen LogP contribution < -0.4 is 10.5 Å². The number of nitrogens with one attached hydrogen (secondary N) is 1. The zero-order valence-corrected chi connectivity index (χ0v) is 19.4. The van der Waals surface area contributed by atoms with Crippen LogP contribution in [0, 0.1) is 5.92 Å². The van der Waals surface area contributed by atoms with Gasteiger partial charge in [0.1, 0.15) is 20.6 Å². The molecular formula is C20H26F2N4O4S2. The molecule has 0 spiro atoms. The van der Waals surface area contributed by atoms with Crippen molar-refractivity contribution < 1.29 is 27.6 Å². The number of thiazole rings is 1. The standard InChI is InChI=1S/C20H26F2N4O4S2/c1-20(2,28)17-24-9-14(31-17)32(23,29)26-19(27)25-15-10-5-3-7-12(10)16(30-18(21)22)13-8-4-6-11(13)15/h9-10,15,18,28H,3-8H2,1-2H3,(H3,23,25,26,27,29). The van der Waals surface area contributed by atoms with Crippen molar-refractivity contribution in [3.63, 3.8) is 0 Å².